The molecular formula is C34H48BrN5O7. The number of nitrogens with zero attached hydrogens (tertiary/aromatic N) is 2. The summed E-state index contributed by atoms with van der Waals surface area (Å²) < 4.78 is 6.22. The number of oxime groups is 1. The number of halogens is 1. The van der Waals surface area contributed by atoms with E-state index < -0.39 is 52.6 Å². The zero-order chi connectivity index (χ0) is 33.9. The number of hydrogen-bond acceptors (Lipinski definition) is 8. The molecule has 4 aliphatic rings. The third kappa shape index (κ3) is 8.63. The van der Waals surface area contributed by atoms with E-state index in [-0.39, 0.29) is 37.8 Å². The van der Waals surface area contributed by atoms with E-state index in [4.69, 9.17) is 9.25 Å². The third-order valence-corrected chi connectivity index (χ3v) is 10.1. The Morgan fingerprint density at radius 2 is 1.79 bits per heavy atom. The van der Waals surface area contributed by atoms with Gasteiger partial charge in [0.25, 0.3) is 5.91 Å². The maximum absolute atomic E-state index is 14.5. The van der Waals surface area contributed by atoms with Crippen molar-refractivity contribution >= 4 is 51.1 Å². The summed E-state index contributed by atoms with van der Waals surface area (Å²) in [6.45, 7) is 7.56. The monoisotopic (exact) mass is 717 g/mol. The van der Waals surface area contributed by atoms with Gasteiger partial charge in [0.15, 0.2) is 16.0 Å². The number of carbonyl (C=O) groups excluding carboxylic acids is 5. The molecule has 1 aromatic rings. The summed E-state index contributed by atoms with van der Waals surface area (Å²) in [6, 6.07) is 0.530. The summed E-state index contributed by atoms with van der Waals surface area (Å²) in [6.07, 6.45) is 8.63. The van der Waals surface area contributed by atoms with Gasteiger partial charge in [-0.2, -0.15) is 0 Å². The van der Waals surface area contributed by atoms with E-state index in [9.17, 15) is 24.0 Å². The van der Waals surface area contributed by atoms with E-state index in [1.807, 2.05) is 27.7 Å². The smallest absolute Gasteiger partial charge is 0.289 e. The summed E-state index contributed by atoms with van der Waals surface area (Å²) in [5, 5.41) is 12.8. The standard InChI is InChI=1S/C34H48BrN5O7/c1-5-9-22(28(42)31(44)36-21-12-13-21)37-30(43)24-18-34(17-23(39-47-34)25-14-15-26(35)46-25)19-40(24)32(45)29(33(2,3)4)38-27(41)16-20-10-7-6-8-11-20/h14-15,20-22,24,29H,5-13,16-19H2,1-4H3,(H,36,44)(H,37,43)(H,38,41)/t22-,24-,29+,34+/m0/s1. The number of rotatable bonds is 12. The largest absolute Gasteiger partial charge is 0.448 e. The lowest BCUT2D eigenvalue weighted by Crippen LogP contribution is -2.59. The van der Waals surface area contributed by atoms with Crippen molar-refractivity contribution in [2.24, 2.45) is 16.5 Å². The van der Waals surface area contributed by atoms with Crippen molar-refractivity contribution in [1.29, 1.82) is 0 Å². The Kier molecular flexibility index (Phi) is 10.8. The van der Waals surface area contributed by atoms with Crippen LogP contribution in [0.1, 0.15) is 111 Å². The molecule has 12 nitrogen and oxygen atoms in total. The molecule has 0 bridgehead atoms. The zero-order valence-corrected chi connectivity index (χ0v) is 29.4. The van der Waals surface area contributed by atoms with Crippen LogP contribution >= 0.6 is 15.9 Å². The quantitative estimate of drug-likeness (QED) is 0.274. The van der Waals surface area contributed by atoms with Gasteiger partial charge < -0.3 is 30.1 Å². The number of amides is 4. The van der Waals surface area contributed by atoms with E-state index in [0.717, 1.165) is 38.5 Å². The molecule has 3 fully saturated rings. The molecule has 0 radical (unpaired) electrons. The van der Waals surface area contributed by atoms with Crippen LogP contribution in [-0.4, -0.2) is 76.3 Å². The van der Waals surface area contributed by atoms with Crippen LogP contribution in [0.2, 0.25) is 0 Å². The molecule has 1 saturated heterocycles. The Morgan fingerprint density at radius 1 is 1.06 bits per heavy atom. The van der Waals surface area contributed by atoms with Crippen molar-refractivity contribution in [2.75, 3.05) is 6.54 Å². The fraction of sp³-hybridized carbons (Fsp3) is 0.706. The van der Waals surface area contributed by atoms with Crippen LogP contribution in [0.4, 0.5) is 0 Å². The molecule has 2 saturated carbocycles. The first-order chi connectivity index (χ1) is 22.3. The lowest BCUT2D eigenvalue weighted by atomic mass is 9.84. The molecule has 1 spiro atoms. The van der Waals surface area contributed by atoms with Crippen LogP contribution in [0.3, 0.4) is 0 Å². The van der Waals surface area contributed by atoms with Crippen molar-refractivity contribution in [3.05, 3.63) is 22.6 Å². The van der Waals surface area contributed by atoms with Crippen molar-refractivity contribution in [2.45, 2.75) is 135 Å². The maximum Gasteiger partial charge on any atom is 0.289 e. The molecule has 2 aliphatic heterocycles. The van der Waals surface area contributed by atoms with Crippen LogP contribution in [-0.2, 0) is 28.8 Å². The second-order valence-electron chi connectivity index (χ2n) is 14.8. The van der Waals surface area contributed by atoms with Crippen LogP contribution in [0.25, 0.3) is 0 Å². The molecule has 0 aromatic carbocycles. The molecule has 47 heavy (non-hydrogen) atoms. The lowest BCUT2D eigenvalue weighted by Gasteiger charge is -2.36. The third-order valence-electron chi connectivity index (χ3n) is 9.65. The van der Waals surface area contributed by atoms with Crippen molar-refractivity contribution in [3.8, 4) is 0 Å². The molecule has 0 unspecified atom stereocenters. The fourth-order valence-corrected chi connectivity index (χ4v) is 7.19. The van der Waals surface area contributed by atoms with Crippen LogP contribution in [0, 0.1) is 11.3 Å². The van der Waals surface area contributed by atoms with E-state index in [1.54, 1.807) is 12.1 Å². The first kappa shape index (κ1) is 35.1. The second kappa shape index (κ2) is 14.5. The van der Waals surface area contributed by atoms with Gasteiger partial charge in [-0.25, -0.2) is 0 Å². The first-order valence-corrected chi connectivity index (χ1v) is 17.8. The van der Waals surface area contributed by atoms with Gasteiger partial charge >= 0.3 is 0 Å². The van der Waals surface area contributed by atoms with Gasteiger partial charge in [-0.3, -0.25) is 24.0 Å². The van der Waals surface area contributed by atoms with Crippen molar-refractivity contribution in [3.63, 3.8) is 0 Å². The average Bonchev–Trinajstić information content (AvgIpc) is 3.40. The predicted octanol–water partition coefficient (Wildman–Crippen LogP) is 4.14. The normalized spacial score (nSPS) is 24.3. The predicted molar refractivity (Wildman–Crippen MR) is 177 cm³/mol. The van der Waals surface area contributed by atoms with E-state index in [2.05, 4.69) is 37.0 Å². The highest BCUT2D eigenvalue weighted by molar-refractivity contribution is 9.10. The molecule has 4 amide bonds. The Labute approximate surface area is 284 Å². The molecular weight excluding hydrogens is 670 g/mol. The maximum atomic E-state index is 14.5. The van der Waals surface area contributed by atoms with Crippen LogP contribution in [0.5, 0.6) is 0 Å². The SMILES string of the molecule is CCC[C@H](NC(=O)[C@@H]1C[C@]2(CC(c3ccc(Br)o3)=NO2)CN1C(=O)[C@@H](NC(=O)CC1CCCCC1)C(C)(C)C)C(=O)C(=O)NC1CC1. The van der Waals surface area contributed by atoms with E-state index in [0.29, 0.717) is 34.9 Å². The summed E-state index contributed by atoms with van der Waals surface area (Å²) in [7, 11) is 0. The molecule has 3 heterocycles. The molecule has 1 aromatic heterocycles. The van der Waals surface area contributed by atoms with Crippen molar-refractivity contribution < 1.29 is 33.2 Å². The summed E-state index contributed by atoms with van der Waals surface area (Å²) in [4.78, 5) is 75.1. The van der Waals surface area contributed by atoms with E-state index >= 15 is 0 Å². The Hall–Kier alpha value is -3.22. The first-order valence-electron chi connectivity index (χ1n) is 17.0. The highest BCUT2D eigenvalue weighted by Gasteiger charge is 2.56. The van der Waals surface area contributed by atoms with Gasteiger partial charge in [-0.1, -0.05) is 58.5 Å². The molecule has 258 valence electrons. The Morgan fingerprint density at radius 3 is 2.40 bits per heavy atom. The van der Waals surface area contributed by atoms with Gasteiger partial charge in [0, 0.05) is 25.3 Å². The van der Waals surface area contributed by atoms with Crippen LogP contribution in [0.15, 0.2) is 26.4 Å². The van der Waals surface area contributed by atoms with E-state index in [1.165, 1.54) is 11.3 Å². The minimum Gasteiger partial charge on any atom is -0.448 e. The highest BCUT2D eigenvalue weighted by Crippen LogP contribution is 2.40. The van der Waals surface area contributed by atoms with Gasteiger partial charge in [-0.05, 0) is 71.5 Å². The van der Waals surface area contributed by atoms with Crippen LogP contribution < -0.4 is 16.0 Å². The number of furan rings is 1. The lowest BCUT2D eigenvalue weighted by molar-refractivity contribution is -0.145. The molecule has 2 aliphatic carbocycles. The topological polar surface area (TPSA) is 159 Å². The summed E-state index contributed by atoms with van der Waals surface area (Å²) >= 11 is 3.31. The average molecular weight is 719 g/mol. The number of likely N-dealkylation sites (tertiary alicyclic amines) is 1. The number of ketones is 1. The second-order valence-corrected chi connectivity index (χ2v) is 15.6. The number of hydrogen-bond donors (Lipinski definition) is 3. The Bertz CT molecular complexity index is 1390. The van der Waals surface area contributed by atoms with Gasteiger partial charge in [0.1, 0.15) is 17.8 Å². The molecule has 5 rings (SSSR count). The minimum atomic E-state index is -1.04. The fourth-order valence-electron chi connectivity index (χ4n) is 6.89. The highest BCUT2D eigenvalue weighted by atomic mass is 79.9. The van der Waals surface area contributed by atoms with Gasteiger partial charge in [-0.15, -0.1) is 0 Å². The molecule has 4 atom stereocenters. The van der Waals surface area contributed by atoms with Gasteiger partial charge in [0.05, 0.1) is 12.6 Å². The summed E-state index contributed by atoms with van der Waals surface area (Å²) in [5.41, 5.74) is -1.14. The molecule has 13 heteroatoms. The number of carbonyl (C=O) groups is 5. The minimum absolute atomic E-state index is 0.00150. The Balaban J connectivity index is 1.37. The number of nitrogens with one attached hydrogen (secondary N) is 3. The molecule has 3 N–H and O–H groups in total. The van der Waals surface area contributed by atoms with Crippen molar-refractivity contribution in [1.82, 2.24) is 20.9 Å². The van der Waals surface area contributed by atoms with Gasteiger partial charge in [0.2, 0.25) is 23.5 Å². The number of Topliss-reactive ketones (excluding diaryl/α,β-unsaturated/α-hetero) is 1. The summed E-state index contributed by atoms with van der Waals surface area (Å²) in [5.74, 6) is -1.75. The zero-order valence-electron chi connectivity index (χ0n) is 27.9.